The Kier molecular flexibility index (Phi) is 4.93. The molecule has 2 rings (SSSR count). The second kappa shape index (κ2) is 6.68. The molecule has 0 saturated heterocycles. The minimum atomic E-state index is -0.276. The third kappa shape index (κ3) is 4.04. The lowest BCUT2D eigenvalue weighted by Crippen LogP contribution is -1.99. The van der Waals surface area contributed by atoms with Gasteiger partial charge in [-0.15, -0.1) is 0 Å². The fraction of sp³-hybridized carbons (Fsp3) is 0.200. The van der Waals surface area contributed by atoms with Gasteiger partial charge in [-0.25, -0.2) is 4.39 Å². The van der Waals surface area contributed by atoms with Crippen LogP contribution in [0, 0.1) is 5.82 Å². The smallest absolute Gasteiger partial charge is 0.130 e. The molecular weight excluding hydrogens is 311 g/mol. The van der Waals surface area contributed by atoms with Crippen molar-refractivity contribution in [3.63, 3.8) is 0 Å². The largest absolute Gasteiger partial charge is 0.489 e. The van der Waals surface area contributed by atoms with Crippen LogP contribution in [0.3, 0.4) is 0 Å². The topological polar surface area (TPSA) is 18.5 Å². The van der Waals surface area contributed by atoms with E-state index in [4.69, 9.17) is 9.47 Å². The molecule has 4 heteroatoms. The maximum atomic E-state index is 13.6. The lowest BCUT2D eigenvalue weighted by molar-refractivity contribution is 0.184. The number of rotatable bonds is 5. The average molecular weight is 325 g/mol. The summed E-state index contributed by atoms with van der Waals surface area (Å²) in [6, 6.07) is 12.5. The van der Waals surface area contributed by atoms with E-state index in [-0.39, 0.29) is 12.4 Å². The zero-order valence-electron chi connectivity index (χ0n) is 10.5. The predicted molar refractivity (Wildman–Crippen MR) is 75.6 cm³/mol. The Morgan fingerprint density at radius 2 is 1.95 bits per heavy atom. The summed E-state index contributed by atoms with van der Waals surface area (Å²) in [5, 5.41) is 0. The van der Waals surface area contributed by atoms with Gasteiger partial charge in [0.05, 0.1) is 6.61 Å². The van der Waals surface area contributed by atoms with E-state index in [1.54, 1.807) is 19.2 Å². The predicted octanol–water partition coefficient (Wildman–Crippen LogP) is 4.31. The highest BCUT2D eigenvalue weighted by Gasteiger charge is 2.04. The quantitative estimate of drug-likeness (QED) is 0.815. The highest BCUT2D eigenvalue weighted by atomic mass is 79.9. The second-order valence-electron chi connectivity index (χ2n) is 4.10. The van der Waals surface area contributed by atoms with Gasteiger partial charge in [-0.05, 0) is 29.8 Å². The maximum absolute atomic E-state index is 13.6. The molecule has 0 aliphatic carbocycles. The van der Waals surface area contributed by atoms with Gasteiger partial charge in [-0.1, -0.05) is 34.1 Å². The molecule has 0 spiro atoms. The Labute approximate surface area is 120 Å². The highest BCUT2D eigenvalue weighted by molar-refractivity contribution is 9.10. The van der Waals surface area contributed by atoms with E-state index in [1.807, 2.05) is 24.3 Å². The Balaban J connectivity index is 2.03. The molecule has 2 aromatic carbocycles. The van der Waals surface area contributed by atoms with Gasteiger partial charge in [0.2, 0.25) is 0 Å². The molecule has 100 valence electrons. The molecule has 0 N–H and O–H groups in total. The van der Waals surface area contributed by atoms with Crippen LogP contribution in [0.25, 0.3) is 0 Å². The molecule has 0 radical (unpaired) electrons. The van der Waals surface area contributed by atoms with Crippen LogP contribution < -0.4 is 4.74 Å². The molecule has 0 heterocycles. The second-order valence-corrected chi connectivity index (χ2v) is 5.02. The Hall–Kier alpha value is -1.39. The molecule has 0 aliphatic rings. The number of hydrogen-bond acceptors (Lipinski definition) is 2. The summed E-state index contributed by atoms with van der Waals surface area (Å²) in [7, 11) is 1.64. The molecule has 0 saturated carbocycles. The molecule has 0 unspecified atom stereocenters. The van der Waals surface area contributed by atoms with Crippen molar-refractivity contribution in [1.29, 1.82) is 0 Å². The summed E-state index contributed by atoms with van der Waals surface area (Å²) in [5.41, 5.74) is 1.55. The zero-order valence-corrected chi connectivity index (χ0v) is 12.1. The first-order chi connectivity index (χ1) is 9.19. The molecule has 19 heavy (non-hydrogen) atoms. The number of halogens is 2. The normalized spacial score (nSPS) is 10.5. The molecular formula is C15H14BrFO2. The highest BCUT2D eigenvalue weighted by Crippen LogP contribution is 2.19. The minimum absolute atomic E-state index is 0.204. The van der Waals surface area contributed by atoms with Gasteiger partial charge < -0.3 is 9.47 Å². The third-order valence-electron chi connectivity index (χ3n) is 2.62. The Morgan fingerprint density at radius 3 is 2.68 bits per heavy atom. The lowest BCUT2D eigenvalue weighted by atomic mass is 10.2. The number of benzene rings is 2. The van der Waals surface area contributed by atoms with E-state index >= 15 is 0 Å². The first-order valence-corrected chi connectivity index (χ1v) is 6.63. The number of ether oxygens (including phenoxy) is 2. The van der Waals surface area contributed by atoms with Gasteiger partial charge in [-0.2, -0.15) is 0 Å². The van der Waals surface area contributed by atoms with Gasteiger partial charge in [0.1, 0.15) is 18.2 Å². The molecule has 0 aromatic heterocycles. The van der Waals surface area contributed by atoms with Crippen molar-refractivity contribution < 1.29 is 13.9 Å². The van der Waals surface area contributed by atoms with Crippen LogP contribution in [0.5, 0.6) is 5.75 Å². The summed E-state index contributed by atoms with van der Waals surface area (Å²) < 4.78 is 25.0. The van der Waals surface area contributed by atoms with Crippen molar-refractivity contribution in [3.05, 3.63) is 63.9 Å². The molecule has 0 fully saturated rings. The summed E-state index contributed by atoms with van der Waals surface area (Å²) in [6.45, 7) is 0.736. The first kappa shape index (κ1) is 14.0. The molecule has 0 bridgehead atoms. The van der Waals surface area contributed by atoms with Crippen LogP contribution >= 0.6 is 15.9 Å². The van der Waals surface area contributed by atoms with Gasteiger partial charge in [0.15, 0.2) is 0 Å². The SMILES string of the molecule is COCc1cccc(OCc2ccc(Br)cc2F)c1. The van der Waals surface area contributed by atoms with Crippen LogP contribution in [0.1, 0.15) is 11.1 Å². The summed E-state index contributed by atoms with van der Waals surface area (Å²) in [5.74, 6) is 0.430. The lowest BCUT2D eigenvalue weighted by Gasteiger charge is -2.09. The summed E-state index contributed by atoms with van der Waals surface area (Å²) in [4.78, 5) is 0. The first-order valence-electron chi connectivity index (χ1n) is 5.83. The number of methoxy groups -OCH3 is 1. The van der Waals surface area contributed by atoms with Crippen LogP contribution in [-0.4, -0.2) is 7.11 Å². The van der Waals surface area contributed by atoms with Crippen molar-refractivity contribution in [2.24, 2.45) is 0 Å². The van der Waals surface area contributed by atoms with Crippen molar-refractivity contribution >= 4 is 15.9 Å². The minimum Gasteiger partial charge on any atom is -0.489 e. The van der Waals surface area contributed by atoms with E-state index in [1.165, 1.54) is 6.07 Å². The summed E-state index contributed by atoms with van der Waals surface area (Å²) >= 11 is 3.22. The standard InChI is InChI=1S/C15H14BrFO2/c1-18-9-11-3-2-4-14(7-11)19-10-12-5-6-13(16)8-15(12)17/h2-8H,9-10H2,1H3. The van der Waals surface area contributed by atoms with E-state index < -0.39 is 0 Å². The Morgan fingerprint density at radius 1 is 1.11 bits per heavy atom. The van der Waals surface area contributed by atoms with Crippen molar-refractivity contribution in [3.8, 4) is 5.75 Å². The molecule has 0 aliphatic heterocycles. The zero-order chi connectivity index (χ0) is 13.7. The van der Waals surface area contributed by atoms with Gasteiger partial charge in [0, 0.05) is 17.1 Å². The van der Waals surface area contributed by atoms with Gasteiger partial charge in [-0.3, -0.25) is 0 Å². The van der Waals surface area contributed by atoms with E-state index in [2.05, 4.69) is 15.9 Å². The fourth-order valence-corrected chi connectivity index (χ4v) is 2.02. The fourth-order valence-electron chi connectivity index (χ4n) is 1.69. The Bertz CT molecular complexity index is 558. The van der Waals surface area contributed by atoms with E-state index in [0.29, 0.717) is 17.9 Å². The van der Waals surface area contributed by atoms with Crippen molar-refractivity contribution in [2.45, 2.75) is 13.2 Å². The van der Waals surface area contributed by atoms with Crippen LogP contribution in [-0.2, 0) is 18.0 Å². The molecule has 2 aromatic rings. The van der Waals surface area contributed by atoms with E-state index in [0.717, 1.165) is 10.0 Å². The van der Waals surface area contributed by atoms with Gasteiger partial charge >= 0.3 is 0 Å². The average Bonchev–Trinajstić information content (AvgIpc) is 2.38. The third-order valence-corrected chi connectivity index (χ3v) is 3.11. The molecule has 0 amide bonds. The van der Waals surface area contributed by atoms with Crippen LogP contribution in [0.15, 0.2) is 46.9 Å². The van der Waals surface area contributed by atoms with Gasteiger partial charge in [0.25, 0.3) is 0 Å². The molecule has 0 atom stereocenters. The van der Waals surface area contributed by atoms with Crippen molar-refractivity contribution in [1.82, 2.24) is 0 Å². The maximum Gasteiger partial charge on any atom is 0.130 e. The monoisotopic (exact) mass is 324 g/mol. The molecule has 2 nitrogen and oxygen atoms in total. The van der Waals surface area contributed by atoms with Crippen LogP contribution in [0.4, 0.5) is 4.39 Å². The van der Waals surface area contributed by atoms with E-state index in [9.17, 15) is 4.39 Å². The van der Waals surface area contributed by atoms with Crippen LogP contribution in [0.2, 0.25) is 0 Å². The number of hydrogen-bond donors (Lipinski definition) is 0. The summed E-state index contributed by atoms with van der Waals surface area (Å²) in [6.07, 6.45) is 0. The van der Waals surface area contributed by atoms with Crippen molar-refractivity contribution in [2.75, 3.05) is 7.11 Å².